The van der Waals surface area contributed by atoms with Crippen molar-refractivity contribution in [3.05, 3.63) is 101 Å². The zero-order chi connectivity index (χ0) is 20.9. The van der Waals surface area contributed by atoms with Crippen molar-refractivity contribution >= 4 is 33.5 Å². The second-order valence-corrected chi connectivity index (χ2v) is 8.79. The lowest BCUT2D eigenvalue weighted by Crippen LogP contribution is -2.61. The summed E-state index contributed by atoms with van der Waals surface area (Å²) in [7, 11) is 1.39. The van der Waals surface area contributed by atoms with Crippen molar-refractivity contribution < 1.29 is 14.3 Å². The number of anilines is 1. The van der Waals surface area contributed by atoms with Crippen LogP contribution in [0.4, 0.5) is 5.69 Å². The van der Waals surface area contributed by atoms with E-state index in [9.17, 15) is 9.59 Å². The Bertz CT molecular complexity index is 1120. The Balaban J connectivity index is 1.67. The van der Waals surface area contributed by atoms with E-state index < -0.39 is 10.8 Å². The summed E-state index contributed by atoms with van der Waals surface area (Å²) in [6.45, 7) is 0. The number of halogens is 1. The molecule has 30 heavy (non-hydrogen) atoms. The van der Waals surface area contributed by atoms with Gasteiger partial charge in [0.15, 0.2) is 0 Å². The molecule has 0 aromatic heterocycles. The fourth-order valence-electron chi connectivity index (χ4n) is 5.13. The number of methoxy groups -OCH3 is 1. The number of amides is 1. The first-order valence-electron chi connectivity index (χ1n) is 9.84. The molecule has 1 amide bonds. The molecular formula is C25H20BrNO3. The van der Waals surface area contributed by atoms with Gasteiger partial charge >= 0.3 is 5.97 Å². The Kier molecular flexibility index (Phi) is 4.33. The number of rotatable bonds is 4. The average Bonchev–Trinajstić information content (AvgIpc) is 3.52. The summed E-state index contributed by atoms with van der Waals surface area (Å²) in [6.07, 6.45) is 0.441. The highest BCUT2D eigenvalue weighted by atomic mass is 79.9. The molecular weight excluding hydrogens is 442 g/mol. The number of carbonyl (C=O) groups is 2. The molecule has 4 nitrogen and oxygen atoms in total. The summed E-state index contributed by atoms with van der Waals surface area (Å²) in [5.74, 6) is -0.386. The first-order valence-corrected chi connectivity index (χ1v) is 10.6. The van der Waals surface area contributed by atoms with E-state index in [0.29, 0.717) is 6.42 Å². The van der Waals surface area contributed by atoms with Crippen LogP contribution in [0.2, 0.25) is 0 Å². The fraction of sp³-hybridized carbons (Fsp3) is 0.200. The third-order valence-electron chi connectivity index (χ3n) is 6.53. The van der Waals surface area contributed by atoms with E-state index in [1.165, 1.54) is 7.11 Å². The molecule has 150 valence electrons. The molecule has 0 radical (unpaired) electrons. The predicted octanol–water partition coefficient (Wildman–Crippen LogP) is 5.04. The van der Waals surface area contributed by atoms with Crippen LogP contribution < -0.4 is 4.90 Å². The fourth-order valence-corrected chi connectivity index (χ4v) is 5.39. The van der Waals surface area contributed by atoms with Gasteiger partial charge < -0.3 is 9.64 Å². The van der Waals surface area contributed by atoms with Crippen LogP contribution in [-0.2, 0) is 19.7 Å². The molecule has 1 spiro atoms. The van der Waals surface area contributed by atoms with Crippen LogP contribution in [0.5, 0.6) is 0 Å². The van der Waals surface area contributed by atoms with E-state index in [2.05, 4.69) is 15.9 Å². The van der Waals surface area contributed by atoms with Crippen molar-refractivity contribution in [1.29, 1.82) is 0 Å². The van der Waals surface area contributed by atoms with E-state index in [-0.39, 0.29) is 17.9 Å². The molecule has 0 bridgehead atoms. The lowest BCUT2D eigenvalue weighted by Gasteiger charge is -2.50. The van der Waals surface area contributed by atoms with Gasteiger partial charge in [-0.1, -0.05) is 76.6 Å². The van der Waals surface area contributed by atoms with Crippen LogP contribution in [0.25, 0.3) is 0 Å². The van der Waals surface area contributed by atoms with E-state index in [0.717, 1.165) is 21.3 Å². The summed E-state index contributed by atoms with van der Waals surface area (Å²) < 4.78 is 6.17. The Morgan fingerprint density at radius 3 is 2.17 bits per heavy atom. The molecule has 0 unspecified atom stereocenters. The largest absolute Gasteiger partial charge is 0.468 e. The summed E-state index contributed by atoms with van der Waals surface area (Å²) in [5.41, 5.74) is 0.850. The third kappa shape index (κ3) is 2.39. The standard InChI is InChI=1S/C25H20BrNO3/c1-30-23(29)24(18-12-14-19(26)15-13-18)16-25(24)21(17-8-4-2-5-9-17)27(22(25)28)20-10-6-3-7-11-20/h2-15,21H,16H2,1H3/t21-,24-,25-/m0/s1. The minimum Gasteiger partial charge on any atom is -0.468 e. The maximum atomic E-state index is 13.7. The highest BCUT2D eigenvalue weighted by Crippen LogP contribution is 2.77. The number of benzene rings is 3. The molecule has 0 N–H and O–H groups in total. The van der Waals surface area contributed by atoms with E-state index >= 15 is 0 Å². The minimum atomic E-state index is -0.981. The molecule has 1 aliphatic heterocycles. The van der Waals surface area contributed by atoms with E-state index in [1.807, 2.05) is 89.8 Å². The molecule has 5 rings (SSSR count). The second kappa shape index (κ2) is 6.81. The summed E-state index contributed by atoms with van der Waals surface area (Å²) in [6, 6.07) is 27.0. The molecule has 3 aromatic carbocycles. The number of carbonyl (C=O) groups excluding carboxylic acids is 2. The minimum absolute atomic E-state index is 0.0316. The normalized spacial score (nSPS) is 26.9. The van der Waals surface area contributed by atoms with Crippen molar-refractivity contribution in [2.45, 2.75) is 17.9 Å². The molecule has 1 heterocycles. The van der Waals surface area contributed by atoms with Gasteiger partial charge in [-0.3, -0.25) is 9.59 Å². The number of hydrogen-bond acceptors (Lipinski definition) is 3. The van der Waals surface area contributed by atoms with Crippen LogP contribution >= 0.6 is 15.9 Å². The first-order chi connectivity index (χ1) is 14.6. The van der Waals surface area contributed by atoms with Crippen LogP contribution in [0, 0.1) is 5.41 Å². The first kappa shape index (κ1) is 19.1. The molecule has 5 heteroatoms. The van der Waals surface area contributed by atoms with Crippen LogP contribution in [0.1, 0.15) is 23.6 Å². The monoisotopic (exact) mass is 461 g/mol. The van der Waals surface area contributed by atoms with Crippen molar-refractivity contribution in [3.8, 4) is 0 Å². The average molecular weight is 462 g/mol. The number of ether oxygens (including phenoxy) is 1. The smallest absolute Gasteiger partial charge is 0.317 e. The van der Waals surface area contributed by atoms with Crippen molar-refractivity contribution in [1.82, 2.24) is 0 Å². The Labute approximate surface area is 183 Å². The number of para-hydroxylation sites is 1. The zero-order valence-corrected chi connectivity index (χ0v) is 18.0. The summed E-state index contributed by atoms with van der Waals surface area (Å²) in [5, 5.41) is 0. The SMILES string of the molecule is COC(=O)[C@@]1(c2ccc(Br)cc2)C[C@]12C(=O)N(c1ccccc1)[C@H]2c1ccccc1. The van der Waals surface area contributed by atoms with Crippen molar-refractivity contribution in [2.24, 2.45) is 5.41 Å². The van der Waals surface area contributed by atoms with Gasteiger partial charge in [0.25, 0.3) is 0 Å². The number of nitrogens with zero attached hydrogens (tertiary/aromatic N) is 1. The Hall–Kier alpha value is -2.92. The molecule has 3 atom stereocenters. The van der Waals surface area contributed by atoms with Gasteiger partial charge in [-0.25, -0.2) is 0 Å². The third-order valence-corrected chi connectivity index (χ3v) is 7.06. The van der Waals surface area contributed by atoms with Crippen LogP contribution in [0.3, 0.4) is 0 Å². The van der Waals surface area contributed by atoms with Gasteiger partial charge in [0.2, 0.25) is 5.91 Å². The van der Waals surface area contributed by atoms with E-state index in [1.54, 1.807) is 0 Å². The molecule has 2 aliphatic rings. The Morgan fingerprint density at radius 2 is 1.57 bits per heavy atom. The topological polar surface area (TPSA) is 46.6 Å². The van der Waals surface area contributed by atoms with Gasteiger partial charge in [0, 0.05) is 10.2 Å². The molecule has 1 saturated carbocycles. The van der Waals surface area contributed by atoms with E-state index in [4.69, 9.17) is 4.74 Å². The van der Waals surface area contributed by atoms with Crippen LogP contribution in [0.15, 0.2) is 89.4 Å². The number of esters is 1. The predicted molar refractivity (Wildman–Crippen MR) is 118 cm³/mol. The zero-order valence-electron chi connectivity index (χ0n) is 16.4. The lowest BCUT2D eigenvalue weighted by atomic mass is 9.71. The number of hydrogen-bond donors (Lipinski definition) is 0. The molecule has 1 aliphatic carbocycles. The van der Waals surface area contributed by atoms with Gasteiger partial charge in [-0.15, -0.1) is 0 Å². The van der Waals surface area contributed by atoms with Gasteiger partial charge in [0.05, 0.1) is 18.6 Å². The quantitative estimate of drug-likeness (QED) is 0.403. The van der Waals surface area contributed by atoms with Gasteiger partial charge in [-0.05, 0) is 41.8 Å². The molecule has 3 aromatic rings. The number of β-lactam (4-membered cyclic amide) rings is 1. The summed E-state index contributed by atoms with van der Waals surface area (Å²) in [4.78, 5) is 28.7. The highest BCUT2D eigenvalue weighted by Gasteiger charge is 2.87. The Morgan fingerprint density at radius 1 is 0.967 bits per heavy atom. The van der Waals surface area contributed by atoms with Crippen LogP contribution in [-0.4, -0.2) is 19.0 Å². The highest BCUT2D eigenvalue weighted by molar-refractivity contribution is 9.10. The maximum Gasteiger partial charge on any atom is 0.317 e. The second-order valence-electron chi connectivity index (χ2n) is 7.88. The van der Waals surface area contributed by atoms with Crippen molar-refractivity contribution in [3.63, 3.8) is 0 Å². The summed E-state index contributed by atoms with van der Waals surface area (Å²) >= 11 is 3.46. The van der Waals surface area contributed by atoms with Crippen molar-refractivity contribution in [2.75, 3.05) is 12.0 Å². The molecule has 1 saturated heterocycles. The van der Waals surface area contributed by atoms with Gasteiger partial charge in [-0.2, -0.15) is 0 Å². The van der Waals surface area contributed by atoms with Gasteiger partial charge in [0.1, 0.15) is 5.41 Å². The molecule has 2 fully saturated rings. The maximum absolute atomic E-state index is 13.7. The lowest BCUT2D eigenvalue weighted by molar-refractivity contribution is -0.149.